The Hall–Kier alpha value is -3.97. The molecular weight excluding hydrogens is 464 g/mol. The Kier molecular flexibility index (Phi) is 7.32. The van der Waals surface area contributed by atoms with Gasteiger partial charge in [-0.3, -0.25) is 4.98 Å². The fourth-order valence-electron chi connectivity index (χ4n) is 4.79. The van der Waals surface area contributed by atoms with Gasteiger partial charge < -0.3 is 29.7 Å². The molecule has 2 heterocycles. The van der Waals surface area contributed by atoms with E-state index >= 15 is 0 Å². The molecule has 4 aromatic rings. The highest BCUT2D eigenvalue weighted by molar-refractivity contribution is 5.88. The van der Waals surface area contributed by atoms with Gasteiger partial charge in [-0.05, 0) is 74.8 Å². The van der Waals surface area contributed by atoms with Gasteiger partial charge in [-0.15, -0.1) is 0 Å². The summed E-state index contributed by atoms with van der Waals surface area (Å²) in [5.74, 6) is 2.75. The zero-order valence-electron chi connectivity index (χ0n) is 21.9. The van der Waals surface area contributed by atoms with Gasteiger partial charge in [0, 0.05) is 59.9 Å². The summed E-state index contributed by atoms with van der Waals surface area (Å²) in [4.78, 5) is 6.94. The molecule has 7 nitrogen and oxygen atoms in total. The molecule has 0 amide bonds. The molecule has 0 radical (unpaired) electrons. The van der Waals surface area contributed by atoms with Crippen molar-refractivity contribution in [3.63, 3.8) is 0 Å². The Morgan fingerprint density at radius 2 is 1.51 bits per heavy atom. The summed E-state index contributed by atoms with van der Waals surface area (Å²) < 4.78 is 17.3. The smallest absolute Gasteiger partial charge is 0.162 e. The topological polar surface area (TPSA) is 67.9 Å². The van der Waals surface area contributed by atoms with Gasteiger partial charge in [-0.2, -0.15) is 0 Å². The zero-order valence-corrected chi connectivity index (χ0v) is 21.9. The second-order valence-corrected chi connectivity index (χ2v) is 9.34. The van der Waals surface area contributed by atoms with E-state index in [9.17, 15) is 0 Å². The molecule has 3 aromatic carbocycles. The van der Waals surface area contributed by atoms with Crippen LogP contribution in [0.4, 0.5) is 17.1 Å². The van der Waals surface area contributed by atoms with Gasteiger partial charge in [0.15, 0.2) is 11.5 Å². The van der Waals surface area contributed by atoms with Gasteiger partial charge in [-0.25, -0.2) is 0 Å². The monoisotopic (exact) mass is 498 g/mol. The van der Waals surface area contributed by atoms with Crippen LogP contribution in [0.3, 0.4) is 0 Å². The van der Waals surface area contributed by atoms with Gasteiger partial charge in [0.2, 0.25) is 0 Å². The molecule has 0 saturated carbocycles. The zero-order chi connectivity index (χ0) is 25.8. The number of ether oxygens (including phenoxy) is 3. The van der Waals surface area contributed by atoms with Crippen LogP contribution in [0, 0.1) is 6.92 Å². The van der Waals surface area contributed by atoms with Crippen molar-refractivity contribution in [1.29, 1.82) is 0 Å². The number of nitrogens with one attached hydrogen (secondary N) is 2. The molecule has 192 valence electrons. The standard InChI is InChI=1S/C30H34N4O3/c1-20-5-6-23(33-22-7-9-24(10-8-22)34-15-12-21(31-2)13-16-34)17-28(20)37-27-11-14-32-26-19-30(36-4)29(35-3)18-25(26)27/h5-11,14,17-19,21,31,33H,12-13,15-16H2,1-4H3. The Morgan fingerprint density at radius 1 is 0.811 bits per heavy atom. The Morgan fingerprint density at radius 3 is 2.22 bits per heavy atom. The maximum atomic E-state index is 6.40. The Bertz CT molecular complexity index is 1370. The average Bonchev–Trinajstić information content (AvgIpc) is 2.94. The fourth-order valence-corrected chi connectivity index (χ4v) is 4.79. The second-order valence-electron chi connectivity index (χ2n) is 9.34. The molecule has 1 saturated heterocycles. The molecule has 2 N–H and O–H groups in total. The van der Waals surface area contributed by atoms with E-state index in [2.05, 4.69) is 64.0 Å². The fraction of sp³-hybridized carbons (Fsp3) is 0.300. The third-order valence-corrected chi connectivity index (χ3v) is 7.04. The van der Waals surface area contributed by atoms with Crippen LogP contribution in [0.15, 0.2) is 66.9 Å². The van der Waals surface area contributed by atoms with Crippen LogP contribution >= 0.6 is 0 Å². The van der Waals surface area contributed by atoms with Crippen molar-refractivity contribution in [3.05, 3.63) is 72.4 Å². The van der Waals surface area contributed by atoms with Crippen LogP contribution < -0.4 is 29.7 Å². The first-order chi connectivity index (χ1) is 18.1. The number of fused-ring (bicyclic) bond motifs is 1. The van der Waals surface area contributed by atoms with Gasteiger partial charge in [0.05, 0.1) is 19.7 Å². The first-order valence-electron chi connectivity index (χ1n) is 12.7. The molecule has 0 aliphatic carbocycles. The molecule has 0 spiro atoms. The molecule has 0 bridgehead atoms. The van der Waals surface area contributed by atoms with Gasteiger partial charge in [0.25, 0.3) is 0 Å². The van der Waals surface area contributed by atoms with Gasteiger partial charge in [-0.1, -0.05) is 6.07 Å². The quantitative estimate of drug-likeness (QED) is 0.296. The number of aryl methyl sites for hydroxylation is 1. The largest absolute Gasteiger partial charge is 0.493 e. The van der Waals surface area contributed by atoms with E-state index < -0.39 is 0 Å². The van der Waals surface area contributed by atoms with Crippen molar-refractivity contribution in [2.45, 2.75) is 25.8 Å². The Labute approximate surface area is 218 Å². The highest BCUT2D eigenvalue weighted by Crippen LogP contribution is 2.38. The van der Waals surface area contributed by atoms with E-state index in [1.54, 1.807) is 20.4 Å². The number of pyridine rings is 1. The molecule has 1 aliphatic rings. The van der Waals surface area contributed by atoms with E-state index in [1.165, 1.54) is 18.5 Å². The van der Waals surface area contributed by atoms with Gasteiger partial charge in [0.1, 0.15) is 11.5 Å². The molecular formula is C30H34N4O3. The maximum Gasteiger partial charge on any atom is 0.162 e. The minimum absolute atomic E-state index is 0.630. The summed E-state index contributed by atoms with van der Waals surface area (Å²) >= 11 is 0. The molecule has 5 rings (SSSR count). The predicted molar refractivity (Wildman–Crippen MR) is 150 cm³/mol. The lowest BCUT2D eigenvalue weighted by Crippen LogP contribution is -2.41. The highest BCUT2D eigenvalue weighted by Gasteiger charge is 2.18. The number of rotatable bonds is 8. The number of nitrogens with zero attached hydrogens (tertiary/aromatic N) is 2. The van der Waals surface area contributed by atoms with E-state index in [-0.39, 0.29) is 0 Å². The summed E-state index contributed by atoms with van der Waals surface area (Å²) in [5.41, 5.74) is 5.08. The number of anilines is 3. The predicted octanol–water partition coefficient (Wildman–Crippen LogP) is 6.28. The Balaban J connectivity index is 1.33. The molecule has 0 atom stereocenters. The van der Waals surface area contributed by atoms with Gasteiger partial charge >= 0.3 is 0 Å². The van der Waals surface area contributed by atoms with Crippen molar-refractivity contribution in [2.75, 3.05) is 44.6 Å². The van der Waals surface area contributed by atoms with E-state index in [4.69, 9.17) is 14.2 Å². The van der Waals surface area contributed by atoms with Crippen molar-refractivity contribution in [1.82, 2.24) is 10.3 Å². The minimum atomic E-state index is 0.630. The van der Waals surface area contributed by atoms with Crippen molar-refractivity contribution >= 4 is 28.0 Å². The van der Waals surface area contributed by atoms with E-state index in [0.717, 1.165) is 46.7 Å². The van der Waals surface area contributed by atoms with Crippen LogP contribution in [0.25, 0.3) is 10.9 Å². The van der Waals surface area contributed by atoms with E-state index in [0.29, 0.717) is 23.3 Å². The number of aromatic nitrogens is 1. The summed E-state index contributed by atoms with van der Waals surface area (Å²) in [6.45, 7) is 4.21. The molecule has 1 fully saturated rings. The average molecular weight is 499 g/mol. The lowest BCUT2D eigenvalue weighted by molar-refractivity contribution is 0.355. The SMILES string of the molecule is CNC1CCN(c2ccc(Nc3ccc(C)c(Oc4ccnc5cc(OC)c(OC)cc45)c3)cc2)CC1. The summed E-state index contributed by atoms with van der Waals surface area (Å²) in [6.07, 6.45) is 4.09. The van der Waals surface area contributed by atoms with E-state index in [1.807, 2.05) is 31.2 Å². The van der Waals surface area contributed by atoms with Crippen LogP contribution in [-0.2, 0) is 0 Å². The third-order valence-electron chi connectivity index (χ3n) is 7.04. The number of methoxy groups -OCH3 is 2. The lowest BCUT2D eigenvalue weighted by atomic mass is 10.0. The maximum absolute atomic E-state index is 6.40. The minimum Gasteiger partial charge on any atom is -0.493 e. The van der Waals surface area contributed by atoms with Crippen LogP contribution in [-0.4, -0.2) is 45.4 Å². The number of hydrogen-bond acceptors (Lipinski definition) is 7. The first-order valence-corrected chi connectivity index (χ1v) is 12.7. The van der Waals surface area contributed by atoms with Crippen LogP contribution in [0.1, 0.15) is 18.4 Å². The number of hydrogen-bond donors (Lipinski definition) is 2. The molecule has 37 heavy (non-hydrogen) atoms. The van der Waals surface area contributed by atoms with Crippen molar-refractivity contribution in [3.8, 4) is 23.0 Å². The molecule has 1 aliphatic heterocycles. The molecule has 0 unspecified atom stereocenters. The normalized spacial score (nSPS) is 14.0. The molecule has 1 aromatic heterocycles. The first kappa shape index (κ1) is 24.7. The summed E-state index contributed by atoms with van der Waals surface area (Å²) in [6, 6.07) is 21.1. The summed E-state index contributed by atoms with van der Waals surface area (Å²) in [7, 11) is 5.29. The highest BCUT2D eigenvalue weighted by atomic mass is 16.5. The van der Waals surface area contributed by atoms with Crippen molar-refractivity contribution in [2.24, 2.45) is 0 Å². The van der Waals surface area contributed by atoms with Crippen LogP contribution in [0.5, 0.6) is 23.0 Å². The number of piperidine rings is 1. The molecule has 7 heteroatoms. The third kappa shape index (κ3) is 5.42. The van der Waals surface area contributed by atoms with Crippen molar-refractivity contribution < 1.29 is 14.2 Å². The number of benzene rings is 3. The lowest BCUT2D eigenvalue weighted by Gasteiger charge is -2.33. The summed E-state index contributed by atoms with van der Waals surface area (Å²) in [5, 5.41) is 7.76. The second kappa shape index (κ2) is 11.0. The van der Waals surface area contributed by atoms with Crippen LogP contribution in [0.2, 0.25) is 0 Å².